The fourth-order valence-electron chi connectivity index (χ4n) is 1.73. The van der Waals surface area contributed by atoms with Gasteiger partial charge in [-0.2, -0.15) is 0 Å². The summed E-state index contributed by atoms with van der Waals surface area (Å²) in [7, 11) is 0. The lowest BCUT2D eigenvalue weighted by atomic mass is 10.2. The molecule has 1 fully saturated rings. The monoisotopic (exact) mass is 242 g/mol. The number of hydrogen-bond acceptors (Lipinski definition) is 2. The van der Waals surface area contributed by atoms with E-state index in [0.29, 0.717) is 0 Å². The Bertz CT molecular complexity index is 405. The van der Waals surface area contributed by atoms with Gasteiger partial charge in [-0.05, 0) is 31.5 Å². The van der Waals surface area contributed by atoms with Gasteiger partial charge in [-0.1, -0.05) is 17.7 Å². The van der Waals surface area contributed by atoms with Crippen molar-refractivity contribution in [2.75, 3.05) is 11.9 Å². The van der Waals surface area contributed by atoms with Gasteiger partial charge in [0.1, 0.15) is 0 Å². The Hall–Kier alpha value is -1.13. The molecule has 1 aromatic carbocycles. The Morgan fingerprint density at radius 2 is 2.38 bits per heavy atom. The van der Waals surface area contributed by atoms with Gasteiger partial charge in [-0.15, -0.1) is 0 Å². The van der Waals surface area contributed by atoms with Crippen LogP contribution < -0.4 is 10.6 Å². The van der Waals surface area contributed by atoms with Crippen LogP contribution in [-0.2, 0) is 4.79 Å². The molecule has 1 aliphatic heterocycles. The van der Waals surface area contributed by atoms with Crippen molar-refractivity contribution in [2.24, 2.45) is 0 Å². The lowest BCUT2D eigenvalue weighted by Crippen LogP contribution is -2.35. The van der Waals surface area contributed by atoms with Gasteiger partial charge in [0.25, 0.3) is 0 Å². The summed E-state index contributed by atoms with van der Waals surface area (Å²) in [6, 6.07) is 4.32. The molecule has 0 aromatic heterocycles. The van der Waals surface area contributed by atoms with Crippen LogP contribution in [0.4, 0.5) is 10.1 Å². The maximum Gasteiger partial charge on any atom is 0.241 e. The van der Waals surface area contributed by atoms with E-state index in [2.05, 4.69) is 10.6 Å². The van der Waals surface area contributed by atoms with Crippen molar-refractivity contribution in [3.05, 3.63) is 29.0 Å². The van der Waals surface area contributed by atoms with E-state index in [-0.39, 0.29) is 22.7 Å². The zero-order valence-electron chi connectivity index (χ0n) is 8.59. The quantitative estimate of drug-likeness (QED) is 0.835. The number of amides is 1. The molecule has 1 atom stereocenters. The van der Waals surface area contributed by atoms with Crippen molar-refractivity contribution in [2.45, 2.75) is 18.9 Å². The third-order valence-electron chi connectivity index (χ3n) is 2.59. The predicted molar refractivity (Wildman–Crippen MR) is 61.1 cm³/mol. The summed E-state index contributed by atoms with van der Waals surface area (Å²) in [5.74, 6) is -0.797. The molecule has 3 nitrogen and oxygen atoms in total. The van der Waals surface area contributed by atoms with E-state index >= 15 is 0 Å². The molecule has 0 aliphatic carbocycles. The Morgan fingerprint density at radius 3 is 3.06 bits per heavy atom. The first-order chi connectivity index (χ1) is 7.68. The van der Waals surface area contributed by atoms with E-state index in [1.54, 1.807) is 6.07 Å². The van der Waals surface area contributed by atoms with E-state index in [1.165, 1.54) is 12.1 Å². The van der Waals surface area contributed by atoms with E-state index in [4.69, 9.17) is 11.6 Å². The highest BCUT2D eigenvalue weighted by Gasteiger charge is 2.22. The average Bonchev–Trinajstić information content (AvgIpc) is 2.78. The largest absolute Gasteiger partial charge is 0.322 e. The second-order valence-corrected chi connectivity index (χ2v) is 4.15. The minimum atomic E-state index is -0.587. The summed E-state index contributed by atoms with van der Waals surface area (Å²) in [6.07, 6.45) is 1.75. The Kier molecular flexibility index (Phi) is 3.41. The first-order valence-corrected chi connectivity index (χ1v) is 5.54. The number of nitrogens with one attached hydrogen (secondary N) is 2. The van der Waals surface area contributed by atoms with Crippen LogP contribution in [0.1, 0.15) is 12.8 Å². The first kappa shape index (κ1) is 11.4. The van der Waals surface area contributed by atoms with Gasteiger partial charge >= 0.3 is 0 Å². The number of carbonyl (C=O) groups is 1. The van der Waals surface area contributed by atoms with Crippen molar-refractivity contribution in [3.8, 4) is 0 Å². The van der Waals surface area contributed by atoms with E-state index in [0.717, 1.165) is 19.4 Å². The van der Waals surface area contributed by atoms with Crippen LogP contribution in [-0.4, -0.2) is 18.5 Å². The van der Waals surface area contributed by atoms with E-state index in [1.807, 2.05) is 0 Å². The maximum absolute atomic E-state index is 13.5. The molecule has 0 radical (unpaired) electrons. The normalized spacial score (nSPS) is 19.8. The van der Waals surface area contributed by atoms with Gasteiger partial charge < -0.3 is 10.6 Å². The third-order valence-corrected chi connectivity index (χ3v) is 2.88. The fourth-order valence-corrected chi connectivity index (χ4v) is 1.90. The summed E-state index contributed by atoms with van der Waals surface area (Å²) < 4.78 is 13.5. The van der Waals surface area contributed by atoms with Crippen molar-refractivity contribution in [1.82, 2.24) is 5.32 Å². The third kappa shape index (κ3) is 2.33. The van der Waals surface area contributed by atoms with Gasteiger partial charge in [-0.3, -0.25) is 4.79 Å². The molecular formula is C11H12ClFN2O. The number of halogens is 2. The molecule has 1 saturated heterocycles. The smallest absolute Gasteiger partial charge is 0.241 e. The summed E-state index contributed by atoms with van der Waals surface area (Å²) in [5, 5.41) is 5.59. The highest BCUT2D eigenvalue weighted by atomic mass is 35.5. The Labute approximate surface area is 98.0 Å². The zero-order valence-corrected chi connectivity index (χ0v) is 9.35. The molecule has 1 aromatic rings. The number of anilines is 1. The fraction of sp³-hybridized carbons (Fsp3) is 0.364. The molecule has 16 heavy (non-hydrogen) atoms. The molecule has 86 valence electrons. The molecule has 5 heteroatoms. The van der Waals surface area contributed by atoms with Gasteiger partial charge in [0, 0.05) is 0 Å². The van der Waals surface area contributed by atoms with Gasteiger partial charge in [0.15, 0.2) is 5.82 Å². The van der Waals surface area contributed by atoms with Crippen molar-refractivity contribution in [1.29, 1.82) is 0 Å². The van der Waals surface area contributed by atoms with Crippen LogP contribution >= 0.6 is 11.6 Å². The summed E-state index contributed by atoms with van der Waals surface area (Å²) in [5.41, 5.74) is 0.131. The van der Waals surface area contributed by atoms with Crippen LogP contribution in [0.15, 0.2) is 18.2 Å². The first-order valence-electron chi connectivity index (χ1n) is 5.17. The molecule has 2 rings (SSSR count). The highest BCUT2D eigenvalue weighted by Crippen LogP contribution is 2.22. The zero-order chi connectivity index (χ0) is 11.5. The number of carbonyl (C=O) groups excluding carboxylic acids is 1. The Balaban J connectivity index is 2.08. The van der Waals surface area contributed by atoms with Gasteiger partial charge in [0.2, 0.25) is 5.91 Å². The average molecular weight is 243 g/mol. The van der Waals surface area contributed by atoms with E-state index < -0.39 is 5.82 Å². The highest BCUT2D eigenvalue weighted by molar-refractivity contribution is 6.31. The molecule has 1 heterocycles. The minimum Gasteiger partial charge on any atom is -0.322 e. The molecule has 1 amide bonds. The SMILES string of the molecule is O=C(Nc1cccc(Cl)c1F)[C@@H]1CCCN1. The van der Waals surface area contributed by atoms with Crippen LogP contribution in [0, 0.1) is 5.82 Å². The summed E-state index contributed by atoms with van der Waals surface area (Å²) in [4.78, 5) is 11.7. The van der Waals surface area contributed by atoms with Crippen LogP contribution in [0.3, 0.4) is 0 Å². The molecule has 0 spiro atoms. The second kappa shape index (κ2) is 4.80. The molecule has 0 unspecified atom stereocenters. The van der Waals surface area contributed by atoms with Gasteiger partial charge in [-0.25, -0.2) is 4.39 Å². The summed E-state index contributed by atoms with van der Waals surface area (Å²) >= 11 is 5.62. The molecule has 1 aliphatic rings. The standard InChI is InChI=1S/C11H12ClFN2O/c12-7-3-1-4-8(10(7)13)15-11(16)9-5-2-6-14-9/h1,3-4,9,14H,2,5-6H2,(H,15,16)/t9-/m0/s1. The number of rotatable bonds is 2. The molecule has 0 bridgehead atoms. The van der Waals surface area contributed by atoms with Crippen LogP contribution in [0.2, 0.25) is 5.02 Å². The van der Waals surface area contributed by atoms with Crippen molar-refractivity contribution < 1.29 is 9.18 Å². The van der Waals surface area contributed by atoms with Crippen molar-refractivity contribution in [3.63, 3.8) is 0 Å². The Morgan fingerprint density at radius 1 is 1.56 bits per heavy atom. The topological polar surface area (TPSA) is 41.1 Å². The maximum atomic E-state index is 13.5. The lowest BCUT2D eigenvalue weighted by Gasteiger charge is -2.11. The van der Waals surface area contributed by atoms with Crippen LogP contribution in [0.5, 0.6) is 0 Å². The van der Waals surface area contributed by atoms with Crippen molar-refractivity contribution >= 4 is 23.2 Å². The molecule has 2 N–H and O–H groups in total. The minimum absolute atomic E-state index is 0.0113. The number of benzene rings is 1. The lowest BCUT2D eigenvalue weighted by molar-refractivity contribution is -0.117. The molecule has 0 saturated carbocycles. The predicted octanol–water partition coefficient (Wildman–Crippen LogP) is 2.17. The van der Waals surface area contributed by atoms with Crippen LogP contribution in [0.25, 0.3) is 0 Å². The van der Waals surface area contributed by atoms with Gasteiger partial charge in [0.05, 0.1) is 16.8 Å². The van der Waals surface area contributed by atoms with E-state index in [9.17, 15) is 9.18 Å². The second-order valence-electron chi connectivity index (χ2n) is 3.74. The number of hydrogen-bond donors (Lipinski definition) is 2. The summed E-state index contributed by atoms with van der Waals surface area (Å²) in [6.45, 7) is 0.829. The molecular weight excluding hydrogens is 231 g/mol.